The Kier molecular flexibility index (Phi) is 1.57. The van der Waals surface area contributed by atoms with Gasteiger partial charge in [0.2, 0.25) is 0 Å². The molecule has 0 fully saturated rings. The van der Waals surface area contributed by atoms with Gasteiger partial charge in [0, 0.05) is 5.56 Å². The summed E-state index contributed by atoms with van der Waals surface area (Å²) in [7, 11) is 0. The summed E-state index contributed by atoms with van der Waals surface area (Å²) in [5.74, 6) is 0. The van der Waals surface area contributed by atoms with Gasteiger partial charge in [0.1, 0.15) is 0 Å². The lowest BCUT2D eigenvalue weighted by Gasteiger charge is -2.01. The van der Waals surface area contributed by atoms with Gasteiger partial charge < -0.3 is 4.42 Å². The largest absolute Gasteiger partial charge is 0.472 e. The first-order chi connectivity index (χ1) is 6.95. The maximum absolute atomic E-state index is 5.10. The predicted octanol–water partition coefficient (Wildman–Crippen LogP) is 3.27. The number of benzene rings is 1. The van der Waals surface area contributed by atoms with Crippen LogP contribution in [0, 0.1) is 0 Å². The van der Waals surface area contributed by atoms with Crippen LogP contribution in [0.5, 0.6) is 0 Å². The molecule has 0 saturated heterocycles. The summed E-state index contributed by atoms with van der Waals surface area (Å²) in [6.45, 7) is 0. The molecule has 0 atom stereocenters. The van der Waals surface area contributed by atoms with E-state index in [0.717, 1.165) is 6.42 Å². The first-order valence-electron chi connectivity index (χ1n) is 4.76. The smallest absolute Gasteiger partial charge is 0.0981 e. The Labute approximate surface area is 82.7 Å². The van der Waals surface area contributed by atoms with Crippen molar-refractivity contribution in [3.63, 3.8) is 0 Å². The van der Waals surface area contributed by atoms with Crippen molar-refractivity contribution in [1.29, 1.82) is 0 Å². The highest BCUT2D eigenvalue weighted by atomic mass is 16.3. The number of hydrogen-bond acceptors (Lipinski definition) is 1. The van der Waals surface area contributed by atoms with E-state index < -0.39 is 0 Å². The third-order valence-corrected chi connectivity index (χ3v) is 2.67. The lowest BCUT2D eigenvalue weighted by Crippen LogP contribution is -1.83. The molecule has 2 aromatic rings. The van der Waals surface area contributed by atoms with Crippen molar-refractivity contribution < 1.29 is 4.42 Å². The van der Waals surface area contributed by atoms with Gasteiger partial charge in [-0.1, -0.05) is 30.3 Å². The average Bonchev–Trinajstić information content (AvgIpc) is 2.85. The van der Waals surface area contributed by atoms with E-state index in [9.17, 15) is 0 Å². The first kappa shape index (κ1) is 7.63. The Balaban J connectivity index is 2.14. The molecule has 1 heteroatoms. The van der Waals surface area contributed by atoms with Gasteiger partial charge in [0.05, 0.1) is 12.5 Å². The number of rotatable bonds is 1. The fourth-order valence-corrected chi connectivity index (χ4v) is 1.97. The minimum Gasteiger partial charge on any atom is -0.472 e. The first-order valence-corrected chi connectivity index (χ1v) is 4.76. The molecule has 14 heavy (non-hydrogen) atoms. The van der Waals surface area contributed by atoms with Crippen LogP contribution in [0.2, 0.25) is 0 Å². The van der Waals surface area contributed by atoms with Crippen LogP contribution in [-0.4, -0.2) is 0 Å². The van der Waals surface area contributed by atoms with Crippen LogP contribution < -0.4 is 0 Å². The highest BCUT2D eigenvalue weighted by molar-refractivity contribution is 5.84. The molecular weight excluding hydrogens is 172 g/mol. The van der Waals surface area contributed by atoms with Gasteiger partial charge in [-0.3, -0.25) is 0 Å². The molecule has 0 radical (unpaired) electrons. The zero-order valence-corrected chi connectivity index (χ0v) is 7.73. The van der Waals surface area contributed by atoms with Crippen LogP contribution >= 0.6 is 0 Å². The van der Waals surface area contributed by atoms with E-state index in [2.05, 4.69) is 30.3 Å². The monoisotopic (exact) mass is 182 g/mol. The molecule has 0 N–H and O–H groups in total. The molecule has 0 aliphatic heterocycles. The van der Waals surface area contributed by atoms with E-state index >= 15 is 0 Å². The van der Waals surface area contributed by atoms with Crippen molar-refractivity contribution in [1.82, 2.24) is 0 Å². The Morgan fingerprint density at radius 2 is 2.00 bits per heavy atom. The number of furan rings is 1. The zero-order chi connectivity index (χ0) is 9.38. The van der Waals surface area contributed by atoms with E-state index in [1.807, 2.05) is 6.07 Å². The van der Waals surface area contributed by atoms with Crippen LogP contribution in [0.3, 0.4) is 0 Å². The summed E-state index contributed by atoms with van der Waals surface area (Å²) >= 11 is 0. The lowest BCUT2D eigenvalue weighted by atomic mass is 10.0. The molecule has 1 aliphatic carbocycles. The molecule has 0 unspecified atom stereocenters. The Morgan fingerprint density at radius 1 is 1.07 bits per heavy atom. The molecule has 1 heterocycles. The molecule has 0 saturated carbocycles. The number of allylic oxidation sites excluding steroid dienone is 1. The van der Waals surface area contributed by atoms with Crippen molar-refractivity contribution in [3.05, 3.63) is 65.6 Å². The van der Waals surface area contributed by atoms with Gasteiger partial charge in [0.25, 0.3) is 0 Å². The molecular formula is C13H10O. The number of hydrogen-bond donors (Lipinski definition) is 0. The Hall–Kier alpha value is -1.76. The van der Waals surface area contributed by atoms with Gasteiger partial charge >= 0.3 is 0 Å². The normalized spacial score (nSPS) is 13.9. The van der Waals surface area contributed by atoms with Crippen molar-refractivity contribution >= 4 is 5.57 Å². The van der Waals surface area contributed by atoms with Gasteiger partial charge in [0.15, 0.2) is 0 Å². The quantitative estimate of drug-likeness (QED) is 0.659. The van der Waals surface area contributed by atoms with Gasteiger partial charge in [-0.2, -0.15) is 0 Å². The molecule has 1 nitrogen and oxygen atoms in total. The fraction of sp³-hybridized carbons (Fsp3) is 0.0769. The maximum atomic E-state index is 5.10. The van der Waals surface area contributed by atoms with Crippen molar-refractivity contribution in [2.24, 2.45) is 0 Å². The molecule has 0 amide bonds. The lowest BCUT2D eigenvalue weighted by molar-refractivity contribution is 0.566. The van der Waals surface area contributed by atoms with E-state index in [-0.39, 0.29) is 0 Å². The second-order valence-corrected chi connectivity index (χ2v) is 3.49. The molecule has 1 aromatic carbocycles. The molecule has 0 bridgehead atoms. The van der Waals surface area contributed by atoms with E-state index in [4.69, 9.17) is 4.42 Å². The molecule has 1 aromatic heterocycles. The highest BCUT2D eigenvalue weighted by Gasteiger charge is 2.14. The van der Waals surface area contributed by atoms with Gasteiger partial charge in [-0.25, -0.2) is 0 Å². The predicted molar refractivity (Wildman–Crippen MR) is 55.9 cm³/mol. The van der Waals surface area contributed by atoms with Crippen LogP contribution in [-0.2, 0) is 6.42 Å². The highest BCUT2D eigenvalue weighted by Crippen LogP contribution is 2.32. The summed E-state index contributed by atoms with van der Waals surface area (Å²) in [5.41, 5.74) is 5.22. The minimum atomic E-state index is 1.04. The van der Waals surface area contributed by atoms with Crippen LogP contribution in [0.1, 0.15) is 16.7 Å². The zero-order valence-electron chi connectivity index (χ0n) is 7.73. The van der Waals surface area contributed by atoms with Crippen molar-refractivity contribution in [3.8, 4) is 0 Å². The molecule has 68 valence electrons. The van der Waals surface area contributed by atoms with Crippen molar-refractivity contribution in [2.45, 2.75) is 6.42 Å². The van der Waals surface area contributed by atoms with Gasteiger partial charge in [-0.15, -0.1) is 0 Å². The van der Waals surface area contributed by atoms with E-state index in [0.29, 0.717) is 0 Å². The Bertz CT molecular complexity index is 478. The summed E-state index contributed by atoms with van der Waals surface area (Å²) in [4.78, 5) is 0. The Morgan fingerprint density at radius 3 is 2.86 bits per heavy atom. The second-order valence-electron chi connectivity index (χ2n) is 3.49. The minimum absolute atomic E-state index is 1.04. The SMILES string of the molecule is C1=C(c2ccoc2)c2ccccc2C1. The molecule has 1 aliphatic rings. The summed E-state index contributed by atoms with van der Waals surface area (Å²) in [6, 6.07) is 10.5. The van der Waals surface area contributed by atoms with Crippen LogP contribution in [0.15, 0.2) is 53.4 Å². The third kappa shape index (κ3) is 1.02. The maximum Gasteiger partial charge on any atom is 0.0981 e. The topological polar surface area (TPSA) is 13.1 Å². The van der Waals surface area contributed by atoms with Gasteiger partial charge in [-0.05, 0) is 29.2 Å². The van der Waals surface area contributed by atoms with E-state index in [1.54, 1.807) is 12.5 Å². The van der Waals surface area contributed by atoms with Crippen LogP contribution in [0.25, 0.3) is 5.57 Å². The van der Waals surface area contributed by atoms with Crippen LogP contribution in [0.4, 0.5) is 0 Å². The standard InChI is InChI=1S/C13H10O/c1-2-4-12-10(3-1)5-6-13(12)11-7-8-14-9-11/h1-4,6-9H,5H2. The summed E-state index contributed by atoms with van der Waals surface area (Å²) in [6.07, 6.45) is 6.82. The molecule has 3 rings (SSSR count). The van der Waals surface area contributed by atoms with E-state index in [1.165, 1.54) is 22.3 Å². The summed E-state index contributed by atoms with van der Waals surface area (Å²) < 4.78 is 5.10. The third-order valence-electron chi connectivity index (χ3n) is 2.67. The second kappa shape index (κ2) is 2.88. The summed E-state index contributed by atoms with van der Waals surface area (Å²) in [5, 5.41) is 0. The average molecular weight is 182 g/mol. The number of fused-ring (bicyclic) bond motifs is 1. The van der Waals surface area contributed by atoms with Crippen molar-refractivity contribution in [2.75, 3.05) is 0 Å². The molecule has 0 spiro atoms. The fourth-order valence-electron chi connectivity index (χ4n) is 1.97.